The summed E-state index contributed by atoms with van der Waals surface area (Å²) in [7, 11) is 0. The number of rotatable bonds is 5. The van der Waals surface area contributed by atoms with Crippen molar-refractivity contribution in [2.24, 2.45) is 0 Å². The van der Waals surface area contributed by atoms with Gasteiger partial charge in [-0.25, -0.2) is 4.79 Å². The maximum atomic E-state index is 12.3. The SMILES string of the molecule is Cc1ccc(C(C)C)c(OCC(=O)N2CCOC(C(=O)O)C2)c1. The summed E-state index contributed by atoms with van der Waals surface area (Å²) in [5.41, 5.74) is 2.11. The first-order chi connectivity index (χ1) is 10.9. The summed E-state index contributed by atoms with van der Waals surface area (Å²) in [6.07, 6.45) is -0.960. The minimum Gasteiger partial charge on any atom is -0.483 e. The third kappa shape index (κ3) is 4.45. The van der Waals surface area contributed by atoms with E-state index in [1.807, 2.05) is 25.1 Å². The van der Waals surface area contributed by atoms with E-state index in [4.69, 9.17) is 14.6 Å². The second kappa shape index (κ2) is 7.46. The molecule has 1 aromatic carbocycles. The van der Waals surface area contributed by atoms with Gasteiger partial charge in [0.2, 0.25) is 0 Å². The molecule has 1 aromatic rings. The van der Waals surface area contributed by atoms with Crippen LogP contribution < -0.4 is 4.74 Å². The number of hydrogen-bond donors (Lipinski definition) is 1. The number of aliphatic carboxylic acids is 1. The third-order valence-electron chi connectivity index (χ3n) is 3.84. The van der Waals surface area contributed by atoms with Gasteiger partial charge in [0.1, 0.15) is 5.75 Å². The first-order valence-corrected chi connectivity index (χ1v) is 7.74. The molecule has 23 heavy (non-hydrogen) atoms. The Morgan fingerprint density at radius 2 is 2.17 bits per heavy atom. The molecule has 1 N–H and O–H groups in total. The Bertz CT molecular complexity index is 584. The van der Waals surface area contributed by atoms with Gasteiger partial charge in [0.15, 0.2) is 12.7 Å². The molecule has 0 spiro atoms. The van der Waals surface area contributed by atoms with Crippen LogP contribution in [0.3, 0.4) is 0 Å². The standard InChI is InChI=1S/C17H23NO5/c1-11(2)13-5-4-12(3)8-14(13)23-10-16(19)18-6-7-22-15(9-18)17(20)21/h4-5,8,11,15H,6-7,9-10H2,1-3H3,(H,20,21). The van der Waals surface area contributed by atoms with Gasteiger partial charge in [-0.05, 0) is 30.0 Å². The molecule has 1 saturated heterocycles. The van der Waals surface area contributed by atoms with E-state index in [0.29, 0.717) is 18.2 Å². The third-order valence-corrected chi connectivity index (χ3v) is 3.84. The number of hydrogen-bond acceptors (Lipinski definition) is 4. The zero-order valence-electron chi connectivity index (χ0n) is 13.7. The minimum absolute atomic E-state index is 0.0579. The van der Waals surface area contributed by atoms with Crippen molar-refractivity contribution in [3.8, 4) is 5.75 Å². The first-order valence-electron chi connectivity index (χ1n) is 7.74. The molecule has 1 fully saturated rings. The monoisotopic (exact) mass is 321 g/mol. The molecule has 1 aliphatic rings. The fourth-order valence-electron chi connectivity index (χ4n) is 2.50. The van der Waals surface area contributed by atoms with Crippen LogP contribution in [-0.4, -0.2) is 54.3 Å². The summed E-state index contributed by atoms with van der Waals surface area (Å²) in [6.45, 7) is 6.68. The van der Waals surface area contributed by atoms with Crippen molar-refractivity contribution < 1.29 is 24.2 Å². The average molecular weight is 321 g/mol. The average Bonchev–Trinajstić information content (AvgIpc) is 2.52. The number of carbonyl (C=O) groups is 2. The molecule has 0 aromatic heterocycles. The topological polar surface area (TPSA) is 76.1 Å². The van der Waals surface area contributed by atoms with Crippen LogP contribution >= 0.6 is 0 Å². The molecule has 0 aliphatic carbocycles. The summed E-state index contributed by atoms with van der Waals surface area (Å²) in [4.78, 5) is 24.7. The zero-order chi connectivity index (χ0) is 17.0. The van der Waals surface area contributed by atoms with Crippen LogP contribution in [0, 0.1) is 6.92 Å². The first kappa shape index (κ1) is 17.3. The van der Waals surface area contributed by atoms with Crippen LogP contribution in [0.15, 0.2) is 18.2 Å². The van der Waals surface area contributed by atoms with E-state index in [2.05, 4.69) is 13.8 Å². The predicted octanol–water partition coefficient (Wildman–Crippen LogP) is 1.81. The highest BCUT2D eigenvalue weighted by molar-refractivity contribution is 5.79. The molecule has 126 valence electrons. The molecule has 6 nitrogen and oxygen atoms in total. The van der Waals surface area contributed by atoms with Gasteiger partial charge in [0, 0.05) is 6.54 Å². The Balaban J connectivity index is 1.99. The van der Waals surface area contributed by atoms with Crippen LogP contribution in [-0.2, 0) is 14.3 Å². The van der Waals surface area contributed by atoms with Crippen LogP contribution in [0.25, 0.3) is 0 Å². The van der Waals surface area contributed by atoms with Crippen LogP contribution in [0.5, 0.6) is 5.75 Å². The van der Waals surface area contributed by atoms with E-state index in [1.165, 1.54) is 4.90 Å². The van der Waals surface area contributed by atoms with E-state index >= 15 is 0 Å². The maximum absolute atomic E-state index is 12.3. The number of aryl methyl sites for hydroxylation is 1. The second-order valence-electron chi connectivity index (χ2n) is 6.02. The van der Waals surface area contributed by atoms with Crippen LogP contribution in [0.2, 0.25) is 0 Å². The van der Waals surface area contributed by atoms with Gasteiger partial charge in [-0.1, -0.05) is 26.0 Å². The normalized spacial score (nSPS) is 18.1. The second-order valence-corrected chi connectivity index (χ2v) is 6.02. The van der Waals surface area contributed by atoms with Gasteiger partial charge in [-0.15, -0.1) is 0 Å². The van der Waals surface area contributed by atoms with Gasteiger partial charge < -0.3 is 19.5 Å². The lowest BCUT2D eigenvalue weighted by Crippen LogP contribution is -2.49. The van der Waals surface area contributed by atoms with E-state index in [9.17, 15) is 9.59 Å². The highest BCUT2D eigenvalue weighted by Crippen LogP contribution is 2.27. The van der Waals surface area contributed by atoms with Crippen molar-refractivity contribution in [1.29, 1.82) is 0 Å². The summed E-state index contributed by atoms with van der Waals surface area (Å²) in [6, 6.07) is 5.94. The van der Waals surface area contributed by atoms with E-state index in [0.717, 1.165) is 11.1 Å². The molecule has 1 aliphatic heterocycles. The van der Waals surface area contributed by atoms with Crippen molar-refractivity contribution >= 4 is 11.9 Å². The summed E-state index contributed by atoms with van der Waals surface area (Å²) >= 11 is 0. The molecular formula is C17H23NO5. The van der Waals surface area contributed by atoms with Crippen molar-refractivity contribution in [3.05, 3.63) is 29.3 Å². The highest BCUT2D eigenvalue weighted by atomic mass is 16.5. The van der Waals surface area contributed by atoms with Gasteiger partial charge >= 0.3 is 5.97 Å². The van der Waals surface area contributed by atoms with Crippen molar-refractivity contribution in [2.75, 3.05) is 26.3 Å². The van der Waals surface area contributed by atoms with E-state index in [1.54, 1.807) is 0 Å². The number of morpholine rings is 1. The number of carbonyl (C=O) groups excluding carboxylic acids is 1. The van der Waals surface area contributed by atoms with Crippen molar-refractivity contribution in [3.63, 3.8) is 0 Å². The Kier molecular flexibility index (Phi) is 5.60. The van der Waals surface area contributed by atoms with Crippen molar-refractivity contribution in [2.45, 2.75) is 32.8 Å². The van der Waals surface area contributed by atoms with E-state index < -0.39 is 12.1 Å². The number of nitrogens with zero attached hydrogens (tertiary/aromatic N) is 1. The maximum Gasteiger partial charge on any atom is 0.334 e. The molecular weight excluding hydrogens is 298 g/mol. The van der Waals surface area contributed by atoms with Gasteiger partial charge in [-0.3, -0.25) is 4.79 Å². The molecule has 0 bridgehead atoms. The fourth-order valence-corrected chi connectivity index (χ4v) is 2.50. The van der Waals surface area contributed by atoms with Crippen molar-refractivity contribution in [1.82, 2.24) is 4.90 Å². The molecule has 2 rings (SSSR count). The quantitative estimate of drug-likeness (QED) is 0.895. The van der Waals surface area contributed by atoms with Gasteiger partial charge in [-0.2, -0.15) is 0 Å². The molecule has 1 amide bonds. The number of ether oxygens (including phenoxy) is 2. The minimum atomic E-state index is -1.05. The Labute approximate surface area is 136 Å². The lowest BCUT2D eigenvalue weighted by Gasteiger charge is -2.30. The zero-order valence-corrected chi connectivity index (χ0v) is 13.7. The van der Waals surface area contributed by atoms with Gasteiger partial charge in [0.25, 0.3) is 5.91 Å². The molecule has 0 radical (unpaired) electrons. The summed E-state index contributed by atoms with van der Waals surface area (Å²) < 4.78 is 10.8. The van der Waals surface area contributed by atoms with Crippen LogP contribution in [0.4, 0.5) is 0 Å². The summed E-state index contributed by atoms with van der Waals surface area (Å²) in [5, 5.41) is 8.98. The smallest absolute Gasteiger partial charge is 0.334 e. The van der Waals surface area contributed by atoms with E-state index in [-0.39, 0.29) is 25.7 Å². The Hall–Kier alpha value is -2.08. The largest absolute Gasteiger partial charge is 0.483 e. The number of amides is 1. The lowest BCUT2D eigenvalue weighted by atomic mass is 10.0. The Morgan fingerprint density at radius 3 is 2.83 bits per heavy atom. The summed E-state index contributed by atoms with van der Waals surface area (Å²) in [5.74, 6) is -0.281. The molecule has 1 atom stereocenters. The fraction of sp³-hybridized carbons (Fsp3) is 0.529. The molecule has 1 heterocycles. The Morgan fingerprint density at radius 1 is 1.43 bits per heavy atom. The molecule has 0 saturated carbocycles. The lowest BCUT2D eigenvalue weighted by molar-refractivity contribution is -0.159. The predicted molar refractivity (Wildman–Crippen MR) is 84.7 cm³/mol. The molecule has 6 heteroatoms. The van der Waals surface area contributed by atoms with Gasteiger partial charge in [0.05, 0.1) is 13.2 Å². The number of carboxylic acid groups (broad SMARTS) is 1. The van der Waals surface area contributed by atoms with Crippen LogP contribution in [0.1, 0.15) is 30.9 Å². The number of carboxylic acids is 1. The number of benzene rings is 1. The molecule has 1 unspecified atom stereocenters. The highest BCUT2D eigenvalue weighted by Gasteiger charge is 2.29.